The second-order valence-electron chi connectivity index (χ2n) is 5.86. The van der Waals surface area contributed by atoms with Crippen LogP contribution in [0.4, 0.5) is 5.95 Å². The number of hydrogen-bond donors (Lipinski definition) is 1. The van der Waals surface area contributed by atoms with Gasteiger partial charge in [-0.3, -0.25) is 0 Å². The minimum atomic E-state index is 0.466. The maximum Gasteiger partial charge on any atom is 0.243 e. The van der Waals surface area contributed by atoms with Gasteiger partial charge in [-0.05, 0) is 49.3 Å². The maximum atomic E-state index is 4.54. The van der Waals surface area contributed by atoms with Gasteiger partial charge >= 0.3 is 0 Å². The van der Waals surface area contributed by atoms with E-state index in [0.717, 1.165) is 18.1 Å². The van der Waals surface area contributed by atoms with Gasteiger partial charge in [0.2, 0.25) is 5.95 Å². The lowest BCUT2D eigenvalue weighted by Gasteiger charge is -2.27. The first-order valence-electron chi connectivity index (χ1n) is 7.28. The summed E-state index contributed by atoms with van der Waals surface area (Å²) in [6.45, 7) is 5.37. The van der Waals surface area contributed by atoms with Crippen LogP contribution in [0, 0.1) is 12.3 Å². The normalized spacial score (nSPS) is 18.0. The molecule has 0 amide bonds. The molecule has 0 spiro atoms. The SMILES string of the molecule is CCC1(CNc2nc3cc(C)ccn3n2)CCCC1. The zero-order valence-corrected chi connectivity index (χ0v) is 11.8. The molecule has 102 valence electrons. The van der Waals surface area contributed by atoms with E-state index >= 15 is 0 Å². The van der Waals surface area contributed by atoms with E-state index in [1.807, 2.05) is 10.7 Å². The molecule has 0 bridgehead atoms. The zero-order valence-electron chi connectivity index (χ0n) is 11.8. The molecular weight excluding hydrogens is 236 g/mol. The first kappa shape index (κ1) is 12.5. The van der Waals surface area contributed by atoms with Gasteiger partial charge < -0.3 is 5.32 Å². The first-order chi connectivity index (χ1) is 9.21. The highest BCUT2D eigenvalue weighted by atomic mass is 15.3. The van der Waals surface area contributed by atoms with E-state index in [-0.39, 0.29) is 0 Å². The van der Waals surface area contributed by atoms with E-state index < -0.39 is 0 Å². The number of hydrogen-bond acceptors (Lipinski definition) is 3. The summed E-state index contributed by atoms with van der Waals surface area (Å²) in [7, 11) is 0. The van der Waals surface area contributed by atoms with Crippen LogP contribution in [-0.4, -0.2) is 21.1 Å². The standard InChI is InChI=1S/C15H22N4/c1-3-15(7-4-5-8-15)11-16-14-17-13-10-12(2)6-9-19(13)18-14/h6,9-10H,3-5,7-8,11H2,1-2H3,(H,16,18). The molecule has 0 unspecified atom stereocenters. The average molecular weight is 258 g/mol. The minimum Gasteiger partial charge on any atom is -0.352 e. The molecule has 4 heteroatoms. The van der Waals surface area contributed by atoms with Crippen molar-refractivity contribution in [3.63, 3.8) is 0 Å². The second-order valence-corrected chi connectivity index (χ2v) is 5.86. The summed E-state index contributed by atoms with van der Waals surface area (Å²) in [6, 6.07) is 4.11. The third-order valence-corrected chi connectivity index (χ3v) is 4.53. The highest BCUT2D eigenvalue weighted by molar-refractivity contribution is 5.45. The molecule has 1 saturated carbocycles. The summed E-state index contributed by atoms with van der Waals surface area (Å²) in [4.78, 5) is 4.54. The average Bonchev–Trinajstić information content (AvgIpc) is 3.02. The van der Waals surface area contributed by atoms with Crippen LogP contribution in [0.5, 0.6) is 0 Å². The molecule has 3 rings (SSSR count). The Kier molecular flexibility index (Phi) is 3.17. The zero-order chi connectivity index (χ0) is 13.3. The number of anilines is 1. The van der Waals surface area contributed by atoms with Crippen LogP contribution in [0.25, 0.3) is 5.65 Å². The van der Waals surface area contributed by atoms with Crippen molar-refractivity contribution in [1.29, 1.82) is 0 Å². The molecule has 0 atom stereocenters. The van der Waals surface area contributed by atoms with Gasteiger partial charge in [0.15, 0.2) is 5.65 Å². The predicted octanol–water partition coefficient (Wildman–Crippen LogP) is 3.42. The van der Waals surface area contributed by atoms with Gasteiger partial charge in [0.25, 0.3) is 0 Å². The van der Waals surface area contributed by atoms with Crippen LogP contribution in [-0.2, 0) is 0 Å². The molecule has 2 aromatic heterocycles. The van der Waals surface area contributed by atoms with Gasteiger partial charge in [-0.25, -0.2) is 4.52 Å². The molecule has 1 aliphatic carbocycles. The number of nitrogens with one attached hydrogen (secondary N) is 1. The van der Waals surface area contributed by atoms with E-state index in [1.54, 1.807) is 0 Å². The molecule has 4 nitrogen and oxygen atoms in total. The Morgan fingerprint density at radius 2 is 2.16 bits per heavy atom. The van der Waals surface area contributed by atoms with Gasteiger partial charge in [-0.15, -0.1) is 5.10 Å². The fourth-order valence-corrected chi connectivity index (χ4v) is 3.11. The highest BCUT2D eigenvalue weighted by Crippen LogP contribution is 2.40. The first-order valence-corrected chi connectivity index (χ1v) is 7.28. The van der Waals surface area contributed by atoms with E-state index in [4.69, 9.17) is 0 Å². The summed E-state index contributed by atoms with van der Waals surface area (Å²) in [5.41, 5.74) is 2.60. The molecule has 2 aromatic rings. The molecular formula is C15H22N4. The van der Waals surface area contributed by atoms with Crippen LogP contribution in [0.15, 0.2) is 18.3 Å². The Morgan fingerprint density at radius 1 is 1.37 bits per heavy atom. The lowest BCUT2D eigenvalue weighted by atomic mass is 9.83. The molecule has 2 heterocycles. The lowest BCUT2D eigenvalue weighted by molar-refractivity contribution is 0.306. The Hall–Kier alpha value is -1.58. The molecule has 0 aromatic carbocycles. The minimum absolute atomic E-state index is 0.466. The van der Waals surface area contributed by atoms with E-state index in [1.165, 1.54) is 37.7 Å². The number of fused-ring (bicyclic) bond motifs is 1. The van der Waals surface area contributed by atoms with E-state index in [2.05, 4.69) is 41.4 Å². The van der Waals surface area contributed by atoms with Crippen molar-refractivity contribution < 1.29 is 0 Å². The van der Waals surface area contributed by atoms with Crippen molar-refractivity contribution in [2.45, 2.75) is 46.0 Å². The molecule has 1 aliphatic rings. The van der Waals surface area contributed by atoms with Gasteiger partial charge in [-0.1, -0.05) is 19.8 Å². The Bertz CT molecular complexity index is 567. The van der Waals surface area contributed by atoms with Crippen LogP contribution in [0.1, 0.15) is 44.6 Å². The van der Waals surface area contributed by atoms with E-state index in [9.17, 15) is 0 Å². The quantitative estimate of drug-likeness (QED) is 0.913. The number of aryl methyl sites for hydroxylation is 1. The summed E-state index contributed by atoms with van der Waals surface area (Å²) in [5.74, 6) is 0.755. The fraction of sp³-hybridized carbons (Fsp3) is 0.600. The van der Waals surface area contributed by atoms with Crippen molar-refractivity contribution >= 4 is 11.6 Å². The summed E-state index contributed by atoms with van der Waals surface area (Å²) >= 11 is 0. The summed E-state index contributed by atoms with van der Waals surface area (Å²) in [6.07, 6.45) is 8.62. The van der Waals surface area contributed by atoms with Gasteiger partial charge in [-0.2, -0.15) is 4.98 Å². The molecule has 19 heavy (non-hydrogen) atoms. The summed E-state index contributed by atoms with van der Waals surface area (Å²) in [5, 5.41) is 7.92. The van der Waals surface area contributed by atoms with Crippen molar-refractivity contribution in [2.24, 2.45) is 5.41 Å². The molecule has 1 N–H and O–H groups in total. The second kappa shape index (κ2) is 4.83. The molecule has 1 fully saturated rings. The van der Waals surface area contributed by atoms with Gasteiger partial charge in [0.05, 0.1) is 0 Å². The fourth-order valence-electron chi connectivity index (χ4n) is 3.11. The molecule has 0 saturated heterocycles. The van der Waals surface area contributed by atoms with Crippen molar-refractivity contribution in [3.8, 4) is 0 Å². The Labute approximate surface area is 114 Å². The molecule has 0 radical (unpaired) electrons. The topological polar surface area (TPSA) is 42.2 Å². The monoisotopic (exact) mass is 258 g/mol. The number of pyridine rings is 1. The predicted molar refractivity (Wildman–Crippen MR) is 77.4 cm³/mol. The summed E-state index contributed by atoms with van der Waals surface area (Å²) < 4.78 is 1.84. The van der Waals surface area contributed by atoms with Crippen LogP contribution in [0.2, 0.25) is 0 Å². The van der Waals surface area contributed by atoms with Crippen molar-refractivity contribution in [3.05, 3.63) is 23.9 Å². The number of aromatic nitrogens is 3. The Balaban J connectivity index is 1.74. The Morgan fingerprint density at radius 3 is 2.89 bits per heavy atom. The number of nitrogens with zero attached hydrogens (tertiary/aromatic N) is 3. The highest BCUT2D eigenvalue weighted by Gasteiger charge is 2.31. The van der Waals surface area contributed by atoms with Crippen molar-refractivity contribution in [1.82, 2.24) is 14.6 Å². The van der Waals surface area contributed by atoms with Gasteiger partial charge in [0, 0.05) is 12.7 Å². The van der Waals surface area contributed by atoms with E-state index in [0.29, 0.717) is 5.41 Å². The largest absolute Gasteiger partial charge is 0.352 e. The van der Waals surface area contributed by atoms with Gasteiger partial charge in [0.1, 0.15) is 0 Å². The smallest absolute Gasteiger partial charge is 0.243 e. The van der Waals surface area contributed by atoms with Crippen LogP contribution < -0.4 is 5.32 Å². The number of rotatable bonds is 4. The van der Waals surface area contributed by atoms with Crippen LogP contribution >= 0.6 is 0 Å². The third kappa shape index (κ3) is 2.44. The van der Waals surface area contributed by atoms with Crippen molar-refractivity contribution in [2.75, 3.05) is 11.9 Å². The maximum absolute atomic E-state index is 4.54. The van der Waals surface area contributed by atoms with Crippen LogP contribution in [0.3, 0.4) is 0 Å². The molecule has 0 aliphatic heterocycles. The third-order valence-electron chi connectivity index (χ3n) is 4.53. The lowest BCUT2D eigenvalue weighted by Crippen LogP contribution is -2.26.